The summed E-state index contributed by atoms with van der Waals surface area (Å²) in [6, 6.07) is 16.7. The number of anilines is 2. The van der Waals surface area contributed by atoms with Crippen molar-refractivity contribution >= 4 is 29.0 Å². The van der Waals surface area contributed by atoms with Gasteiger partial charge in [0.05, 0.1) is 5.56 Å². The average molecular weight is 396 g/mol. The van der Waals surface area contributed by atoms with Gasteiger partial charge in [0.15, 0.2) is 11.5 Å². The van der Waals surface area contributed by atoms with E-state index in [1.807, 2.05) is 42.5 Å². The Morgan fingerprint density at radius 2 is 1.96 bits per heavy atom. The van der Waals surface area contributed by atoms with Crippen molar-refractivity contribution in [1.29, 1.82) is 0 Å². The van der Waals surface area contributed by atoms with Gasteiger partial charge >= 0.3 is 0 Å². The lowest BCUT2D eigenvalue weighted by molar-refractivity contribution is 0.0954. The van der Waals surface area contributed by atoms with E-state index in [2.05, 4.69) is 15.6 Å². The molecule has 2 heterocycles. The largest absolute Gasteiger partial charge is 0.454 e. The van der Waals surface area contributed by atoms with Gasteiger partial charge in [-0.3, -0.25) is 4.79 Å². The summed E-state index contributed by atoms with van der Waals surface area (Å²) in [7, 11) is 0. The van der Waals surface area contributed by atoms with Crippen LogP contribution in [0.4, 0.5) is 11.5 Å². The van der Waals surface area contributed by atoms with Crippen molar-refractivity contribution in [2.24, 2.45) is 0 Å². The highest BCUT2D eigenvalue weighted by Gasteiger charge is 2.13. The predicted molar refractivity (Wildman–Crippen MR) is 108 cm³/mol. The zero-order valence-electron chi connectivity index (χ0n) is 14.9. The first-order valence-corrected chi connectivity index (χ1v) is 9.20. The molecule has 1 aromatic heterocycles. The highest BCUT2D eigenvalue weighted by molar-refractivity contribution is 6.30. The zero-order valence-corrected chi connectivity index (χ0v) is 15.7. The van der Waals surface area contributed by atoms with E-state index in [4.69, 9.17) is 21.1 Å². The molecule has 0 radical (unpaired) electrons. The van der Waals surface area contributed by atoms with Crippen LogP contribution in [0.3, 0.4) is 0 Å². The molecule has 0 spiro atoms. The number of aromatic nitrogens is 1. The van der Waals surface area contributed by atoms with Gasteiger partial charge in [-0.25, -0.2) is 4.98 Å². The molecule has 1 aliphatic rings. The molecule has 0 saturated carbocycles. The summed E-state index contributed by atoms with van der Waals surface area (Å²) >= 11 is 5.97. The quantitative estimate of drug-likeness (QED) is 0.655. The minimum Gasteiger partial charge on any atom is -0.454 e. The maximum Gasteiger partial charge on any atom is 0.252 e. The topological polar surface area (TPSA) is 72.5 Å². The van der Waals surface area contributed by atoms with Gasteiger partial charge in [0.2, 0.25) is 6.79 Å². The van der Waals surface area contributed by atoms with Crippen molar-refractivity contribution in [2.45, 2.75) is 6.42 Å². The van der Waals surface area contributed by atoms with Crippen LogP contribution in [0, 0.1) is 0 Å². The Hall–Kier alpha value is -3.25. The summed E-state index contributed by atoms with van der Waals surface area (Å²) < 4.78 is 10.7. The lowest BCUT2D eigenvalue weighted by Crippen LogP contribution is -2.25. The predicted octanol–water partition coefficient (Wildman–Crippen LogP) is 4.18. The van der Waals surface area contributed by atoms with Crippen LogP contribution in [0.25, 0.3) is 0 Å². The van der Waals surface area contributed by atoms with Crippen LogP contribution in [-0.4, -0.2) is 24.2 Å². The van der Waals surface area contributed by atoms with Gasteiger partial charge in [0.25, 0.3) is 5.91 Å². The Labute approximate surface area is 167 Å². The minimum absolute atomic E-state index is 0.163. The van der Waals surface area contributed by atoms with Gasteiger partial charge in [-0.1, -0.05) is 23.7 Å². The molecule has 0 unspecified atom stereocenters. The molecule has 0 saturated heterocycles. The second kappa shape index (κ2) is 8.19. The third kappa shape index (κ3) is 4.35. The van der Waals surface area contributed by atoms with E-state index in [9.17, 15) is 4.79 Å². The molecule has 3 aromatic rings. The molecular formula is C21H18ClN3O3. The Morgan fingerprint density at radius 3 is 2.79 bits per heavy atom. The van der Waals surface area contributed by atoms with Crippen LogP contribution in [0.5, 0.6) is 11.5 Å². The third-order valence-electron chi connectivity index (χ3n) is 4.26. The van der Waals surface area contributed by atoms with E-state index in [1.165, 1.54) is 0 Å². The summed E-state index contributed by atoms with van der Waals surface area (Å²) in [5, 5.41) is 6.76. The molecule has 1 aliphatic heterocycles. The fourth-order valence-electron chi connectivity index (χ4n) is 2.84. The molecule has 0 aliphatic carbocycles. The van der Waals surface area contributed by atoms with Crippen LogP contribution >= 0.6 is 11.6 Å². The summed E-state index contributed by atoms with van der Waals surface area (Å²) in [6.07, 6.45) is 2.26. The monoisotopic (exact) mass is 395 g/mol. The lowest BCUT2D eigenvalue weighted by Gasteiger charge is -2.08. The number of amides is 1. The summed E-state index contributed by atoms with van der Waals surface area (Å²) in [5.41, 5.74) is 2.41. The van der Waals surface area contributed by atoms with E-state index < -0.39 is 0 Å². The van der Waals surface area contributed by atoms with Gasteiger partial charge in [0, 0.05) is 29.5 Å². The van der Waals surface area contributed by atoms with Gasteiger partial charge in [0.1, 0.15) is 5.82 Å². The van der Waals surface area contributed by atoms with Crippen molar-refractivity contribution < 1.29 is 14.3 Å². The Kier molecular flexibility index (Phi) is 5.30. The molecule has 0 atom stereocenters. The molecule has 2 aromatic carbocycles. The molecule has 0 bridgehead atoms. The fourth-order valence-corrected chi connectivity index (χ4v) is 3.05. The number of carbonyl (C=O) groups is 1. The molecule has 7 heteroatoms. The fraction of sp³-hybridized carbons (Fsp3) is 0.143. The second-order valence-corrected chi connectivity index (χ2v) is 6.70. The van der Waals surface area contributed by atoms with E-state index in [1.54, 1.807) is 18.3 Å². The molecular weight excluding hydrogens is 378 g/mol. The van der Waals surface area contributed by atoms with Crippen molar-refractivity contribution in [3.63, 3.8) is 0 Å². The number of nitrogens with zero attached hydrogens (tertiary/aromatic N) is 1. The zero-order chi connectivity index (χ0) is 19.3. The van der Waals surface area contributed by atoms with Gasteiger partial charge in [-0.2, -0.15) is 0 Å². The number of nitrogens with one attached hydrogen (secondary N) is 2. The molecule has 4 rings (SSSR count). The first kappa shape index (κ1) is 18.1. The van der Waals surface area contributed by atoms with Crippen LogP contribution < -0.4 is 20.1 Å². The average Bonchev–Trinajstić information content (AvgIpc) is 3.16. The highest BCUT2D eigenvalue weighted by atomic mass is 35.5. The molecule has 6 nitrogen and oxygen atoms in total. The number of pyridine rings is 1. The van der Waals surface area contributed by atoms with E-state index in [-0.39, 0.29) is 12.7 Å². The summed E-state index contributed by atoms with van der Waals surface area (Å²) in [4.78, 5) is 16.6. The standard InChI is InChI=1S/C21H18ClN3O3/c22-16-3-1-2-14(10-16)8-9-23-21(26)15-4-7-20(24-12-15)25-17-5-6-18-19(11-17)28-13-27-18/h1-7,10-12H,8-9,13H2,(H,23,26)(H,24,25). The van der Waals surface area contributed by atoms with Crippen LogP contribution in [0.1, 0.15) is 15.9 Å². The van der Waals surface area contributed by atoms with Crippen molar-refractivity contribution in [1.82, 2.24) is 10.3 Å². The molecule has 1 amide bonds. The Balaban J connectivity index is 1.31. The van der Waals surface area contributed by atoms with Crippen LogP contribution in [0.15, 0.2) is 60.8 Å². The van der Waals surface area contributed by atoms with Crippen LogP contribution in [0.2, 0.25) is 5.02 Å². The van der Waals surface area contributed by atoms with Crippen molar-refractivity contribution in [3.05, 3.63) is 76.9 Å². The Bertz CT molecular complexity index is 992. The number of ether oxygens (including phenoxy) is 2. The van der Waals surface area contributed by atoms with E-state index in [0.717, 1.165) is 17.0 Å². The normalized spacial score (nSPS) is 11.9. The summed E-state index contributed by atoms with van der Waals surface area (Å²) in [5.74, 6) is 1.89. The van der Waals surface area contributed by atoms with Gasteiger partial charge in [-0.15, -0.1) is 0 Å². The number of rotatable bonds is 6. The van der Waals surface area contributed by atoms with E-state index in [0.29, 0.717) is 35.1 Å². The highest BCUT2D eigenvalue weighted by Crippen LogP contribution is 2.34. The molecule has 28 heavy (non-hydrogen) atoms. The van der Waals surface area contributed by atoms with E-state index >= 15 is 0 Å². The maximum atomic E-state index is 12.3. The van der Waals surface area contributed by atoms with Crippen LogP contribution in [-0.2, 0) is 6.42 Å². The number of carbonyl (C=O) groups excluding carboxylic acids is 1. The minimum atomic E-state index is -0.163. The number of benzene rings is 2. The number of hydrogen-bond acceptors (Lipinski definition) is 5. The number of halogens is 1. The molecule has 0 fully saturated rings. The van der Waals surface area contributed by atoms with Gasteiger partial charge in [-0.05, 0) is 48.4 Å². The maximum absolute atomic E-state index is 12.3. The van der Waals surface area contributed by atoms with Crippen molar-refractivity contribution in [3.8, 4) is 11.5 Å². The first-order valence-electron chi connectivity index (χ1n) is 8.83. The smallest absolute Gasteiger partial charge is 0.252 e. The second-order valence-electron chi connectivity index (χ2n) is 6.26. The summed E-state index contributed by atoms with van der Waals surface area (Å²) in [6.45, 7) is 0.758. The first-order chi connectivity index (χ1) is 13.7. The van der Waals surface area contributed by atoms with Crippen molar-refractivity contribution in [2.75, 3.05) is 18.7 Å². The third-order valence-corrected chi connectivity index (χ3v) is 4.49. The Morgan fingerprint density at radius 1 is 1.07 bits per heavy atom. The number of fused-ring (bicyclic) bond motifs is 1. The van der Waals surface area contributed by atoms with Gasteiger partial charge < -0.3 is 20.1 Å². The molecule has 2 N–H and O–H groups in total. The number of hydrogen-bond donors (Lipinski definition) is 2. The lowest BCUT2D eigenvalue weighted by atomic mass is 10.1. The molecule has 142 valence electrons. The SMILES string of the molecule is O=C(NCCc1cccc(Cl)c1)c1ccc(Nc2ccc3c(c2)OCO3)nc1.